The van der Waals surface area contributed by atoms with Gasteiger partial charge in [-0.05, 0) is 48.4 Å². The number of carbonyl (C=O) groups excluding carboxylic acids is 3. The fourth-order valence-corrected chi connectivity index (χ4v) is 3.22. The molecule has 3 N–H and O–H groups in total. The van der Waals surface area contributed by atoms with Crippen molar-refractivity contribution in [1.29, 1.82) is 0 Å². The first kappa shape index (κ1) is 25.7. The highest BCUT2D eigenvalue weighted by Crippen LogP contribution is 2.29. The largest absolute Gasteiger partial charge is 0.483 e. The van der Waals surface area contributed by atoms with Gasteiger partial charge in [-0.25, -0.2) is 5.43 Å². The zero-order valence-corrected chi connectivity index (χ0v) is 20.2. The summed E-state index contributed by atoms with van der Waals surface area (Å²) in [7, 11) is 0. The third kappa shape index (κ3) is 7.56. The van der Waals surface area contributed by atoms with E-state index >= 15 is 0 Å². The van der Waals surface area contributed by atoms with Crippen LogP contribution in [0.3, 0.4) is 0 Å². The quantitative estimate of drug-likeness (QED) is 0.231. The molecule has 3 aromatic carbocycles. The van der Waals surface area contributed by atoms with Crippen LogP contribution in [0, 0.1) is 0 Å². The van der Waals surface area contributed by atoms with E-state index in [1.807, 2.05) is 24.3 Å². The van der Waals surface area contributed by atoms with E-state index in [-0.39, 0.29) is 28.2 Å². The minimum absolute atomic E-state index is 0.118. The summed E-state index contributed by atoms with van der Waals surface area (Å²) in [6, 6.07) is 19.0. The highest BCUT2D eigenvalue weighted by atomic mass is 35.5. The SMILES string of the molecule is CCc1ccc(NC(=O)COc2ccccc2/C=N\NC(=O)C(=O)Nc2cccc(Cl)c2Cl)cc1. The summed E-state index contributed by atoms with van der Waals surface area (Å²) in [6.45, 7) is 1.83. The van der Waals surface area contributed by atoms with Crippen LogP contribution in [-0.4, -0.2) is 30.5 Å². The van der Waals surface area contributed by atoms with E-state index in [1.165, 1.54) is 17.8 Å². The first-order valence-corrected chi connectivity index (χ1v) is 11.3. The van der Waals surface area contributed by atoms with E-state index in [2.05, 4.69) is 28.1 Å². The summed E-state index contributed by atoms with van der Waals surface area (Å²) in [5.41, 5.74) is 4.66. The van der Waals surface area contributed by atoms with Crippen molar-refractivity contribution in [3.8, 4) is 5.75 Å². The van der Waals surface area contributed by atoms with Gasteiger partial charge in [-0.15, -0.1) is 0 Å². The third-order valence-electron chi connectivity index (χ3n) is 4.70. The Morgan fingerprint density at radius 1 is 0.914 bits per heavy atom. The fraction of sp³-hybridized carbons (Fsp3) is 0.120. The lowest BCUT2D eigenvalue weighted by Gasteiger charge is -2.10. The minimum Gasteiger partial charge on any atom is -0.483 e. The first-order valence-electron chi connectivity index (χ1n) is 10.6. The number of anilines is 2. The van der Waals surface area contributed by atoms with Crippen LogP contribution in [-0.2, 0) is 20.8 Å². The van der Waals surface area contributed by atoms with Gasteiger partial charge in [0.05, 0.1) is 21.9 Å². The fourth-order valence-electron chi connectivity index (χ4n) is 2.87. The van der Waals surface area contributed by atoms with E-state index in [4.69, 9.17) is 27.9 Å². The number of hydrogen-bond acceptors (Lipinski definition) is 5. The Morgan fingerprint density at radius 3 is 2.40 bits per heavy atom. The molecular formula is C25H22Cl2N4O4. The van der Waals surface area contributed by atoms with Gasteiger partial charge in [0.25, 0.3) is 5.91 Å². The second-order valence-corrected chi connectivity index (χ2v) is 7.96. The Kier molecular flexibility index (Phi) is 9.23. The molecule has 0 bridgehead atoms. The summed E-state index contributed by atoms with van der Waals surface area (Å²) in [4.78, 5) is 36.4. The maximum Gasteiger partial charge on any atom is 0.329 e. The van der Waals surface area contributed by atoms with Gasteiger partial charge in [-0.3, -0.25) is 14.4 Å². The molecule has 0 saturated heterocycles. The average Bonchev–Trinajstić information content (AvgIpc) is 2.86. The molecule has 35 heavy (non-hydrogen) atoms. The van der Waals surface area contributed by atoms with E-state index in [0.29, 0.717) is 17.0 Å². The second kappa shape index (κ2) is 12.5. The molecule has 10 heteroatoms. The van der Waals surface area contributed by atoms with Crippen molar-refractivity contribution in [1.82, 2.24) is 5.43 Å². The Balaban J connectivity index is 1.53. The molecule has 3 aromatic rings. The molecule has 0 aliphatic carbocycles. The normalized spacial score (nSPS) is 10.6. The molecule has 3 amide bonds. The molecule has 0 aromatic heterocycles. The number of carbonyl (C=O) groups is 3. The van der Waals surface area contributed by atoms with Crippen LogP contribution in [0.5, 0.6) is 5.75 Å². The highest BCUT2D eigenvalue weighted by Gasteiger charge is 2.15. The maximum absolute atomic E-state index is 12.2. The summed E-state index contributed by atoms with van der Waals surface area (Å²) in [5, 5.41) is 9.27. The van der Waals surface area contributed by atoms with E-state index in [1.54, 1.807) is 36.4 Å². The monoisotopic (exact) mass is 512 g/mol. The highest BCUT2D eigenvalue weighted by molar-refractivity contribution is 6.45. The Bertz CT molecular complexity index is 1250. The van der Waals surface area contributed by atoms with Gasteiger partial charge in [0.2, 0.25) is 0 Å². The Hall–Kier alpha value is -3.88. The summed E-state index contributed by atoms with van der Waals surface area (Å²) in [5.74, 6) is -1.94. The Morgan fingerprint density at radius 2 is 1.66 bits per heavy atom. The van der Waals surface area contributed by atoms with E-state index in [9.17, 15) is 14.4 Å². The van der Waals surface area contributed by atoms with Gasteiger partial charge < -0.3 is 15.4 Å². The zero-order chi connectivity index (χ0) is 25.2. The molecule has 0 spiro atoms. The van der Waals surface area contributed by atoms with Crippen molar-refractivity contribution in [2.45, 2.75) is 13.3 Å². The number of ether oxygens (including phenoxy) is 1. The van der Waals surface area contributed by atoms with Crippen LogP contribution in [0.2, 0.25) is 10.0 Å². The lowest BCUT2D eigenvalue weighted by atomic mass is 10.1. The number of hydrogen-bond donors (Lipinski definition) is 3. The topological polar surface area (TPSA) is 109 Å². The third-order valence-corrected chi connectivity index (χ3v) is 5.52. The Labute approximate surface area is 212 Å². The van der Waals surface area contributed by atoms with Crippen LogP contribution in [0.4, 0.5) is 11.4 Å². The van der Waals surface area contributed by atoms with Crippen LogP contribution < -0.4 is 20.8 Å². The lowest BCUT2D eigenvalue weighted by molar-refractivity contribution is -0.136. The zero-order valence-electron chi connectivity index (χ0n) is 18.7. The molecule has 0 radical (unpaired) electrons. The molecule has 0 saturated carbocycles. The van der Waals surface area contributed by atoms with Crippen LogP contribution in [0.15, 0.2) is 71.8 Å². The van der Waals surface area contributed by atoms with Gasteiger partial charge in [0.1, 0.15) is 5.75 Å². The number of nitrogens with one attached hydrogen (secondary N) is 3. The number of rotatable bonds is 8. The molecule has 0 unspecified atom stereocenters. The van der Waals surface area contributed by atoms with Crippen LogP contribution in [0.1, 0.15) is 18.1 Å². The predicted molar refractivity (Wildman–Crippen MR) is 137 cm³/mol. The van der Waals surface area contributed by atoms with Crippen LogP contribution >= 0.6 is 23.2 Å². The van der Waals surface area contributed by atoms with E-state index < -0.39 is 11.8 Å². The van der Waals surface area contributed by atoms with Crippen molar-refractivity contribution in [3.05, 3.63) is 87.9 Å². The average molecular weight is 513 g/mol. The van der Waals surface area contributed by atoms with Crippen molar-refractivity contribution < 1.29 is 19.1 Å². The van der Waals surface area contributed by atoms with Gasteiger partial charge in [0.15, 0.2) is 6.61 Å². The van der Waals surface area contributed by atoms with Crippen molar-refractivity contribution in [2.75, 3.05) is 17.2 Å². The van der Waals surface area contributed by atoms with Gasteiger partial charge >= 0.3 is 11.8 Å². The second-order valence-electron chi connectivity index (χ2n) is 7.18. The molecule has 180 valence electrons. The molecule has 8 nitrogen and oxygen atoms in total. The van der Waals surface area contributed by atoms with Gasteiger partial charge in [-0.2, -0.15) is 5.10 Å². The first-order chi connectivity index (χ1) is 16.9. The molecule has 0 aliphatic heterocycles. The minimum atomic E-state index is -1.01. The van der Waals surface area contributed by atoms with Gasteiger partial charge in [-0.1, -0.05) is 60.5 Å². The van der Waals surface area contributed by atoms with Gasteiger partial charge in [0, 0.05) is 11.3 Å². The molecule has 3 rings (SSSR count). The number of hydrazone groups is 1. The van der Waals surface area contributed by atoms with Crippen molar-refractivity contribution in [3.63, 3.8) is 0 Å². The molecule has 0 fully saturated rings. The summed E-state index contributed by atoms with van der Waals surface area (Å²) >= 11 is 11.9. The predicted octanol–water partition coefficient (Wildman–Crippen LogP) is 4.66. The number of amides is 3. The standard InChI is InChI=1S/C25H22Cl2N4O4/c1-2-16-10-12-18(13-11-16)29-22(32)15-35-21-9-4-3-6-17(21)14-28-31-25(34)24(33)30-20-8-5-7-19(26)23(20)27/h3-14H,2,15H2,1H3,(H,29,32)(H,30,33)(H,31,34)/b28-14-. The number of aryl methyl sites for hydroxylation is 1. The smallest absolute Gasteiger partial charge is 0.329 e. The number of para-hydroxylation sites is 1. The van der Waals surface area contributed by atoms with E-state index in [0.717, 1.165) is 6.42 Å². The lowest BCUT2D eigenvalue weighted by Crippen LogP contribution is -2.32. The van der Waals surface area contributed by atoms with Crippen molar-refractivity contribution >= 4 is 58.5 Å². The summed E-state index contributed by atoms with van der Waals surface area (Å²) in [6.07, 6.45) is 2.21. The van der Waals surface area contributed by atoms with Crippen molar-refractivity contribution in [2.24, 2.45) is 5.10 Å². The number of nitrogens with zero attached hydrogens (tertiary/aromatic N) is 1. The molecule has 0 aliphatic rings. The molecule has 0 heterocycles. The van der Waals surface area contributed by atoms with Crippen LogP contribution in [0.25, 0.3) is 0 Å². The number of benzene rings is 3. The summed E-state index contributed by atoms with van der Waals surface area (Å²) < 4.78 is 5.60. The number of halogens is 2. The maximum atomic E-state index is 12.2. The molecular weight excluding hydrogens is 491 g/mol. The molecule has 0 atom stereocenters.